The topological polar surface area (TPSA) is 92.1 Å². The molecule has 1 atom stereocenters. The molecule has 0 fully saturated rings. The maximum atomic E-state index is 14.3. The van der Waals surface area contributed by atoms with Gasteiger partial charge in [0.15, 0.2) is 0 Å². The number of carbonyl (C=O) groups excluding carboxylic acids is 3. The van der Waals surface area contributed by atoms with Crippen LogP contribution in [0.1, 0.15) is 35.5 Å². The minimum atomic E-state index is -1.75. The third-order valence-corrected chi connectivity index (χ3v) is 5.95. The number of aryl methyl sites for hydroxylation is 1. The number of likely N-dealkylation sites (N-methyl/N-ethyl adjacent to an activating group) is 1. The van der Waals surface area contributed by atoms with Gasteiger partial charge in [-0.2, -0.15) is 0 Å². The van der Waals surface area contributed by atoms with Crippen LogP contribution < -0.4 is 10.1 Å². The van der Waals surface area contributed by atoms with Crippen molar-refractivity contribution in [2.45, 2.75) is 32.4 Å². The molecule has 10 heteroatoms. The van der Waals surface area contributed by atoms with Crippen LogP contribution in [0.5, 0.6) is 5.75 Å². The molecule has 2 aromatic carbocycles. The molecule has 0 radical (unpaired) electrons. The van der Waals surface area contributed by atoms with E-state index in [-0.39, 0.29) is 54.7 Å². The van der Waals surface area contributed by atoms with Gasteiger partial charge in [-0.05, 0) is 24.1 Å². The molecule has 1 aromatic heterocycles. The van der Waals surface area contributed by atoms with Crippen molar-refractivity contribution in [3.8, 4) is 5.75 Å². The largest absolute Gasteiger partial charge is 2.00 e. The number of fused-ring (bicyclic) bond motifs is 1. The minimum absolute atomic E-state index is 0. The van der Waals surface area contributed by atoms with Gasteiger partial charge >= 0.3 is 31.1 Å². The molecule has 0 aliphatic rings. The molecular weight excluding hydrogens is 703 g/mol. The fraction of sp³-hybridized carbons (Fsp3) is 0.333. The number of amides is 3. The average Bonchev–Trinajstić information content (AvgIpc) is 3.28. The molecule has 3 aromatic rings. The predicted octanol–water partition coefficient (Wildman–Crippen LogP) is 3.38. The maximum absolute atomic E-state index is 14.3. The van der Waals surface area contributed by atoms with Gasteiger partial charge in [-0.1, -0.05) is 43.7 Å². The molecule has 0 spiro atoms. The van der Waals surface area contributed by atoms with Crippen molar-refractivity contribution in [1.29, 1.82) is 0 Å². The van der Waals surface area contributed by atoms with Crippen molar-refractivity contribution >= 4 is 28.7 Å². The number of rotatable bonds is 9. The fourth-order valence-electron chi connectivity index (χ4n) is 3.59. The summed E-state index contributed by atoms with van der Waals surface area (Å²) in [4.78, 5) is 41.7. The quantitative estimate of drug-likeness (QED) is 0.341. The molecule has 37 heavy (non-hydrogen) atoms. The van der Waals surface area contributed by atoms with E-state index < -0.39 is 35.6 Å². The number of carbonyl (C=O) groups is 3. The summed E-state index contributed by atoms with van der Waals surface area (Å²) in [6, 6.07) is 12.7. The van der Waals surface area contributed by atoms with Crippen molar-refractivity contribution in [3.05, 3.63) is 72.1 Å². The third kappa shape index (κ3) is 6.74. The molecule has 0 aliphatic carbocycles. The van der Waals surface area contributed by atoms with Gasteiger partial charge in [0, 0.05) is 31.8 Å². The fourth-order valence-corrected chi connectivity index (χ4v) is 3.59. The first kappa shape index (κ1) is 30.4. The Morgan fingerprint density at radius 1 is 1.22 bits per heavy atom. The Labute approximate surface area is 239 Å². The summed E-state index contributed by atoms with van der Waals surface area (Å²) in [5.74, 6) is -2.29. The number of hydrogen-bond donors (Lipinski definition) is 1. The Balaban J connectivity index is 0.00000481. The van der Waals surface area contributed by atoms with E-state index in [1.54, 1.807) is 12.1 Å². The van der Waals surface area contributed by atoms with Gasteiger partial charge in [0.05, 0.1) is 19.4 Å². The Kier molecular flexibility index (Phi) is 10.4. The van der Waals surface area contributed by atoms with E-state index in [0.29, 0.717) is 11.0 Å². The van der Waals surface area contributed by atoms with Gasteiger partial charge in [-0.3, -0.25) is 9.59 Å². The minimum Gasteiger partial charge on any atom is -0.514 e. The van der Waals surface area contributed by atoms with Crippen LogP contribution >= 0.6 is 0 Å². The van der Waals surface area contributed by atoms with Gasteiger partial charge in [0.2, 0.25) is 17.7 Å². The SMILES string of the molecule is [CH2-][C@@](C)(C(=O)NCc1c(F)cccc1OC)N(CC(=O)N(C)C)C(=O)c1[c-]c2cc(CC)ccc2o1.[U+2]. The molecular formula is C27H30FN3O5U. The van der Waals surface area contributed by atoms with Crippen LogP contribution in [0.2, 0.25) is 0 Å². The van der Waals surface area contributed by atoms with Gasteiger partial charge in [0.25, 0.3) is 0 Å². The number of benzene rings is 2. The predicted molar refractivity (Wildman–Crippen MR) is 133 cm³/mol. The van der Waals surface area contributed by atoms with Crippen molar-refractivity contribution < 1.29 is 59.0 Å². The monoisotopic (exact) mass is 733 g/mol. The van der Waals surface area contributed by atoms with Crippen molar-refractivity contribution in [2.24, 2.45) is 0 Å². The number of nitrogens with one attached hydrogen (secondary N) is 1. The maximum Gasteiger partial charge on any atom is 2.00 e. The zero-order chi connectivity index (χ0) is 26.6. The van der Waals surface area contributed by atoms with Gasteiger partial charge < -0.3 is 36.0 Å². The zero-order valence-electron chi connectivity index (χ0n) is 21.6. The molecule has 3 amide bonds. The van der Waals surface area contributed by atoms with Gasteiger partial charge in [-0.15, -0.1) is 11.5 Å². The van der Waals surface area contributed by atoms with E-state index in [0.717, 1.165) is 16.9 Å². The third-order valence-electron chi connectivity index (χ3n) is 5.95. The first-order valence-electron chi connectivity index (χ1n) is 11.4. The Morgan fingerprint density at radius 3 is 2.54 bits per heavy atom. The van der Waals surface area contributed by atoms with Gasteiger partial charge in [0.1, 0.15) is 11.6 Å². The normalized spacial score (nSPS) is 12.3. The molecule has 0 aliphatic heterocycles. The van der Waals surface area contributed by atoms with Crippen LogP contribution in [0, 0.1) is 49.9 Å². The van der Waals surface area contributed by atoms with Crippen molar-refractivity contribution in [3.63, 3.8) is 0 Å². The standard InChI is InChI=1S/C27H30FN3O5.U/c1-7-17-11-12-21-18(13-17)14-23(36-21)25(33)31(16-24(32)30(4)5)27(2,3)26(34)29-15-19-20(28)9-8-10-22(19)35-6;/h8-13H,2,7,15-16H2,1,3-6H3,(H,29,34);/q-2;+2/t27-;/m1./s1. The second-order valence-electron chi connectivity index (χ2n) is 8.80. The number of methoxy groups -OCH3 is 1. The first-order valence-corrected chi connectivity index (χ1v) is 11.4. The summed E-state index contributed by atoms with van der Waals surface area (Å²) in [6.45, 7) is 6.69. The molecule has 3 rings (SSSR count). The van der Waals surface area contributed by atoms with E-state index in [1.807, 2.05) is 19.1 Å². The Morgan fingerprint density at radius 2 is 1.92 bits per heavy atom. The summed E-state index contributed by atoms with van der Waals surface area (Å²) >= 11 is 0. The van der Waals surface area contributed by atoms with Gasteiger partial charge in [-0.25, -0.2) is 4.39 Å². The smallest absolute Gasteiger partial charge is 0.514 e. The molecule has 8 nitrogen and oxygen atoms in total. The summed E-state index contributed by atoms with van der Waals surface area (Å²) in [5.41, 5.74) is -0.106. The summed E-state index contributed by atoms with van der Waals surface area (Å²) in [6.07, 6.45) is 0.797. The summed E-state index contributed by atoms with van der Waals surface area (Å²) < 4.78 is 25.2. The molecule has 0 saturated heterocycles. The first-order chi connectivity index (χ1) is 17.0. The Bertz CT molecular complexity index is 1290. The molecule has 1 heterocycles. The van der Waals surface area contributed by atoms with E-state index in [4.69, 9.17) is 9.15 Å². The second kappa shape index (κ2) is 12.6. The van der Waals surface area contributed by atoms with Crippen LogP contribution in [-0.2, 0) is 22.6 Å². The molecule has 0 saturated carbocycles. The molecule has 0 unspecified atom stereocenters. The zero-order valence-corrected chi connectivity index (χ0v) is 25.8. The average molecular weight is 734 g/mol. The number of ether oxygens (including phenoxy) is 1. The Hall–Kier alpha value is -2.83. The number of furan rings is 1. The summed E-state index contributed by atoms with van der Waals surface area (Å²) in [7, 11) is 4.47. The number of halogens is 1. The number of hydrogen-bond acceptors (Lipinski definition) is 5. The van der Waals surface area contributed by atoms with Crippen molar-refractivity contribution in [2.75, 3.05) is 27.7 Å². The van der Waals surface area contributed by atoms with E-state index >= 15 is 0 Å². The second-order valence-corrected chi connectivity index (χ2v) is 8.80. The summed E-state index contributed by atoms with van der Waals surface area (Å²) in [5, 5.41) is 3.21. The number of nitrogens with zero attached hydrogens (tertiary/aromatic N) is 2. The molecule has 1 N–H and O–H groups in total. The van der Waals surface area contributed by atoms with E-state index in [2.05, 4.69) is 18.3 Å². The molecule has 194 valence electrons. The van der Waals surface area contributed by atoms with Crippen molar-refractivity contribution in [1.82, 2.24) is 15.1 Å². The van der Waals surface area contributed by atoms with Crippen LogP contribution in [0.4, 0.5) is 4.39 Å². The van der Waals surface area contributed by atoms with E-state index in [9.17, 15) is 18.8 Å². The van der Waals surface area contributed by atoms with Crippen LogP contribution in [0.25, 0.3) is 11.0 Å². The van der Waals surface area contributed by atoms with E-state index in [1.165, 1.54) is 45.2 Å². The van der Waals surface area contributed by atoms with Crippen LogP contribution in [0.15, 0.2) is 40.8 Å². The van der Waals surface area contributed by atoms with Crippen LogP contribution in [0.3, 0.4) is 0 Å². The molecule has 0 bridgehead atoms. The van der Waals surface area contributed by atoms with Crippen LogP contribution in [-0.4, -0.2) is 60.8 Å².